The molecule has 164 valence electrons. The normalized spacial score (nSPS) is 10.4. The minimum absolute atomic E-state index is 0. The fraction of sp³-hybridized carbons (Fsp3) is 0.250. The molecule has 0 saturated heterocycles. The van der Waals surface area contributed by atoms with Crippen LogP contribution in [0.1, 0.15) is 23.9 Å². The molecule has 3 aromatic rings. The van der Waals surface area contributed by atoms with Crippen LogP contribution in [0.4, 0.5) is 0 Å². The molecular formula is C24H24Cl2NNaO3S. The molecule has 0 aliphatic carbocycles. The standard InChI is InChI=1S/C24H23Cl2NO3S.Na.H/c1-16(28)14-22-23(30-13-12-17-6-9-19(29-2)10-7-17)11-8-18(27-22)15-31-24-20(25)4-3-5-21(24)26;;/h3-11H,12-15H2,1-2H3;;. The van der Waals surface area contributed by atoms with Gasteiger partial charge in [0.1, 0.15) is 17.3 Å². The van der Waals surface area contributed by atoms with Gasteiger partial charge >= 0.3 is 29.6 Å². The number of benzene rings is 2. The number of halogens is 2. The van der Waals surface area contributed by atoms with Gasteiger partial charge in [0.2, 0.25) is 0 Å². The van der Waals surface area contributed by atoms with Crippen LogP contribution in [-0.2, 0) is 23.4 Å². The topological polar surface area (TPSA) is 48.4 Å². The monoisotopic (exact) mass is 499 g/mol. The minimum atomic E-state index is 0. The fourth-order valence-corrected chi connectivity index (χ4v) is 4.54. The van der Waals surface area contributed by atoms with E-state index in [-0.39, 0.29) is 41.8 Å². The number of pyridine rings is 1. The quantitative estimate of drug-likeness (QED) is 0.260. The molecule has 0 amide bonds. The van der Waals surface area contributed by atoms with E-state index < -0.39 is 0 Å². The zero-order valence-electron chi connectivity index (χ0n) is 17.4. The van der Waals surface area contributed by atoms with Crippen molar-refractivity contribution in [1.82, 2.24) is 4.98 Å². The number of Topliss-reactive ketones (excluding diaryl/α,β-unsaturated/α-hetero) is 1. The average molecular weight is 500 g/mol. The van der Waals surface area contributed by atoms with E-state index in [1.54, 1.807) is 14.0 Å². The van der Waals surface area contributed by atoms with Gasteiger partial charge in [-0.05, 0) is 48.9 Å². The van der Waals surface area contributed by atoms with Gasteiger partial charge in [0, 0.05) is 17.1 Å². The molecule has 0 spiro atoms. The second-order valence-electron chi connectivity index (χ2n) is 6.91. The number of nitrogens with zero attached hydrogens (tertiary/aromatic N) is 1. The fourth-order valence-electron chi connectivity index (χ4n) is 2.95. The van der Waals surface area contributed by atoms with Crippen molar-refractivity contribution in [2.45, 2.75) is 30.4 Å². The predicted molar refractivity (Wildman–Crippen MR) is 134 cm³/mol. The van der Waals surface area contributed by atoms with Crippen molar-refractivity contribution in [3.05, 3.63) is 81.6 Å². The first-order valence-electron chi connectivity index (χ1n) is 9.77. The summed E-state index contributed by atoms with van der Waals surface area (Å²) in [5.41, 5.74) is 2.62. The Morgan fingerprint density at radius 2 is 1.72 bits per heavy atom. The number of ether oxygens (including phenoxy) is 2. The van der Waals surface area contributed by atoms with Crippen molar-refractivity contribution in [1.29, 1.82) is 0 Å². The summed E-state index contributed by atoms with van der Waals surface area (Å²) in [5, 5.41) is 1.22. The molecule has 1 heterocycles. The second kappa shape index (κ2) is 13.5. The molecule has 32 heavy (non-hydrogen) atoms. The van der Waals surface area contributed by atoms with Crippen molar-refractivity contribution in [2.75, 3.05) is 13.7 Å². The molecular weight excluding hydrogens is 476 g/mol. The van der Waals surface area contributed by atoms with Crippen LogP contribution in [0, 0.1) is 0 Å². The van der Waals surface area contributed by atoms with Gasteiger partial charge in [-0.1, -0.05) is 41.4 Å². The Labute approximate surface area is 225 Å². The number of carbonyl (C=O) groups excluding carboxylic acids is 1. The first-order chi connectivity index (χ1) is 15.0. The summed E-state index contributed by atoms with van der Waals surface area (Å²) in [7, 11) is 1.65. The summed E-state index contributed by atoms with van der Waals surface area (Å²) in [6, 6.07) is 17.1. The third kappa shape index (κ3) is 7.98. The summed E-state index contributed by atoms with van der Waals surface area (Å²) < 4.78 is 11.1. The van der Waals surface area contributed by atoms with E-state index in [4.69, 9.17) is 32.7 Å². The number of carbonyl (C=O) groups is 1. The van der Waals surface area contributed by atoms with Crippen LogP contribution in [0.2, 0.25) is 10.0 Å². The molecule has 0 aliphatic rings. The molecule has 0 aliphatic heterocycles. The molecule has 0 radical (unpaired) electrons. The van der Waals surface area contributed by atoms with Crippen LogP contribution >= 0.6 is 35.0 Å². The maximum atomic E-state index is 11.8. The van der Waals surface area contributed by atoms with Gasteiger partial charge in [0.05, 0.1) is 41.6 Å². The Hall–Kier alpha value is -1.21. The molecule has 0 N–H and O–H groups in total. The van der Waals surface area contributed by atoms with Gasteiger partial charge in [-0.25, -0.2) is 0 Å². The number of rotatable bonds is 10. The van der Waals surface area contributed by atoms with E-state index in [0.29, 0.717) is 33.8 Å². The Kier molecular flexibility index (Phi) is 11.4. The zero-order chi connectivity index (χ0) is 22.2. The first kappa shape index (κ1) is 27.0. The van der Waals surface area contributed by atoms with E-state index in [9.17, 15) is 4.79 Å². The number of methoxy groups -OCH3 is 1. The van der Waals surface area contributed by atoms with E-state index in [2.05, 4.69) is 4.98 Å². The first-order valence-corrected chi connectivity index (χ1v) is 11.5. The van der Waals surface area contributed by atoms with Crippen LogP contribution in [0.5, 0.6) is 11.5 Å². The predicted octanol–water partition coefficient (Wildman–Crippen LogP) is 5.79. The van der Waals surface area contributed by atoms with Gasteiger partial charge < -0.3 is 9.47 Å². The average Bonchev–Trinajstić information content (AvgIpc) is 2.75. The van der Waals surface area contributed by atoms with E-state index in [0.717, 1.165) is 28.3 Å². The molecule has 0 atom stereocenters. The molecule has 0 saturated carbocycles. The van der Waals surface area contributed by atoms with E-state index >= 15 is 0 Å². The summed E-state index contributed by atoms with van der Waals surface area (Å²) in [5.74, 6) is 2.07. The van der Waals surface area contributed by atoms with Gasteiger partial charge in [-0.15, -0.1) is 11.8 Å². The van der Waals surface area contributed by atoms with Gasteiger partial charge in [-0.2, -0.15) is 0 Å². The summed E-state index contributed by atoms with van der Waals surface area (Å²) in [6.07, 6.45) is 0.968. The van der Waals surface area contributed by atoms with E-state index in [1.807, 2.05) is 54.6 Å². The maximum absolute atomic E-state index is 11.8. The van der Waals surface area contributed by atoms with Crippen molar-refractivity contribution in [3.8, 4) is 11.5 Å². The van der Waals surface area contributed by atoms with Gasteiger partial charge in [0.25, 0.3) is 0 Å². The van der Waals surface area contributed by atoms with Crippen LogP contribution in [0.15, 0.2) is 59.5 Å². The Bertz CT molecular complexity index is 1030. The van der Waals surface area contributed by atoms with Crippen molar-refractivity contribution >= 4 is 70.3 Å². The summed E-state index contributed by atoms with van der Waals surface area (Å²) in [4.78, 5) is 17.2. The molecule has 0 fully saturated rings. The van der Waals surface area contributed by atoms with Crippen molar-refractivity contribution < 1.29 is 14.3 Å². The Morgan fingerprint density at radius 1 is 1.03 bits per heavy atom. The Balaban J connectivity index is 0.00000363. The van der Waals surface area contributed by atoms with E-state index in [1.165, 1.54) is 11.8 Å². The summed E-state index contributed by atoms with van der Waals surface area (Å²) >= 11 is 14.0. The third-order valence-electron chi connectivity index (χ3n) is 4.50. The van der Waals surface area contributed by atoms with Crippen LogP contribution < -0.4 is 9.47 Å². The van der Waals surface area contributed by atoms with Crippen LogP contribution in [0.25, 0.3) is 0 Å². The van der Waals surface area contributed by atoms with Crippen molar-refractivity contribution in [3.63, 3.8) is 0 Å². The molecule has 3 rings (SSSR count). The number of hydrogen-bond donors (Lipinski definition) is 0. The Morgan fingerprint density at radius 3 is 2.34 bits per heavy atom. The number of aromatic nitrogens is 1. The van der Waals surface area contributed by atoms with Crippen LogP contribution in [0.3, 0.4) is 0 Å². The molecule has 2 aromatic carbocycles. The zero-order valence-corrected chi connectivity index (χ0v) is 19.7. The third-order valence-corrected chi connectivity index (χ3v) is 6.52. The van der Waals surface area contributed by atoms with Crippen molar-refractivity contribution in [2.24, 2.45) is 0 Å². The number of hydrogen-bond acceptors (Lipinski definition) is 5. The molecule has 8 heteroatoms. The summed E-state index contributed by atoms with van der Waals surface area (Å²) in [6.45, 7) is 2.04. The SMILES string of the molecule is COc1ccc(CCOc2ccc(CSc3c(Cl)cccc3Cl)nc2CC(C)=O)cc1.[NaH]. The molecule has 0 unspecified atom stereocenters. The second-order valence-corrected chi connectivity index (χ2v) is 8.71. The molecule has 1 aromatic heterocycles. The number of thioether (sulfide) groups is 1. The van der Waals surface area contributed by atoms with Gasteiger partial charge in [-0.3, -0.25) is 9.78 Å². The van der Waals surface area contributed by atoms with Gasteiger partial charge in [0.15, 0.2) is 0 Å². The molecule has 4 nitrogen and oxygen atoms in total. The van der Waals surface area contributed by atoms with Crippen LogP contribution in [-0.4, -0.2) is 54.0 Å². The molecule has 0 bridgehead atoms. The number of ketones is 1.